The standard InChI is InChI=1S/C18H17N3O4S/c1-2-25-18(23)21-7-5-13-14(9-19)17(26-15(13)10-21)20-16(22)4-3-12-6-8-24-11-12/h3-4,6,8,11H,2,5,7,10H2,1H3,(H,20,22)/b4-3+. The molecular weight excluding hydrogens is 354 g/mol. The molecule has 1 aliphatic rings. The van der Waals surface area contributed by atoms with Crippen LogP contribution in [0.5, 0.6) is 0 Å². The van der Waals surface area contributed by atoms with Crippen LogP contribution in [0.25, 0.3) is 6.08 Å². The number of hydrogen-bond acceptors (Lipinski definition) is 6. The zero-order chi connectivity index (χ0) is 18.5. The number of amides is 2. The fraction of sp³-hybridized carbons (Fsp3) is 0.278. The van der Waals surface area contributed by atoms with Gasteiger partial charge in [-0.05, 0) is 31.1 Å². The average Bonchev–Trinajstić information content (AvgIpc) is 3.26. The fourth-order valence-electron chi connectivity index (χ4n) is 2.68. The molecule has 2 aromatic heterocycles. The van der Waals surface area contributed by atoms with Crippen molar-refractivity contribution in [1.82, 2.24) is 4.90 Å². The van der Waals surface area contributed by atoms with E-state index in [1.807, 2.05) is 0 Å². The van der Waals surface area contributed by atoms with Crippen molar-refractivity contribution in [3.05, 3.63) is 46.2 Å². The molecule has 0 saturated carbocycles. The smallest absolute Gasteiger partial charge is 0.410 e. The van der Waals surface area contributed by atoms with Crippen LogP contribution in [0.3, 0.4) is 0 Å². The van der Waals surface area contributed by atoms with Crippen LogP contribution in [0.1, 0.15) is 28.5 Å². The lowest BCUT2D eigenvalue weighted by Gasteiger charge is -2.25. The molecule has 1 aliphatic heterocycles. The summed E-state index contributed by atoms with van der Waals surface area (Å²) in [5.41, 5.74) is 2.14. The highest BCUT2D eigenvalue weighted by atomic mass is 32.1. The summed E-state index contributed by atoms with van der Waals surface area (Å²) < 4.78 is 9.97. The number of rotatable bonds is 4. The van der Waals surface area contributed by atoms with Crippen LogP contribution >= 0.6 is 11.3 Å². The molecule has 0 atom stereocenters. The molecule has 0 fully saturated rings. The molecule has 0 spiro atoms. The number of anilines is 1. The van der Waals surface area contributed by atoms with Crippen molar-refractivity contribution >= 4 is 34.4 Å². The summed E-state index contributed by atoms with van der Waals surface area (Å²) in [7, 11) is 0. The third kappa shape index (κ3) is 3.78. The first kappa shape index (κ1) is 17.8. The second-order valence-corrected chi connectivity index (χ2v) is 6.67. The van der Waals surface area contributed by atoms with Crippen LogP contribution < -0.4 is 5.32 Å². The van der Waals surface area contributed by atoms with E-state index in [4.69, 9.17) is 9.15 Å². The minimum absolute atomic E-state index is 0.320. The molecule has 7 nitrogen and oxygen atoms in total. The number of ether oxygens (including phenoxy) is 1. The Bertz CT molecular complexity index is 877. The lowest BCUT2D eigenvalue weighted by atomic mass is 10.0. The molecule has 0 radical (unpaired) electrons. The minimum atomic E-state index is -0.362. The highest BCUT2D eigenvalue weighted by Crippen LogP contribution is 2.36. The normalized spacial score (nSPS) is 13.3. The lowest BCUT2D eigenvalue weighted by molar-refractivity contribution is -0.111. The van der Waals surface area contributed by atoms with Crippen LogP contribution in [0.15, 0.2) is 29.1 Å². The number of furan rings is 1. The summed E-state index contributed by atoms with van der Waals surface area (Å²) in [6.07, 6.45) is 6.26. The first-order chi connectivity index (χ1) is 12.6. The van der Waals surface area contributed by atoms with E-state index in [0.717, 1.165) is 16.0 Å². The van der Waals surface area contributed by atoms with Gasteiger partial charge < -0.3 is 19.4 Å². The van der Waals surface area contributed by atoms with Crippen LogP contribution in [0, 0.1) is 11.3 Å². The van der Waals surface area contributed by atoms with Gasteiger partial charge in [0.1, 0.15) is 11.1 Å². The Morgan fingerprint density at radius 1 is 1.54 bits per heavy atom. The summed E-state index contributed by atoms with van der Waals surface area (Å²) in [6.45, 7) is 2.95. The molecule has 0 unspecified atom stereocenters. The van der Waals surface area contributed by atoms with Gasteiger partial charge in [0.15, 0.2) is 0 Å². The van der Waals surface area contributed by atoms with E-state index in [2.05, 4.69) is 11.4 Å². The summed E-state index contributed by atoms with van der Waals surface area (Å²) >= 11 is 1.32. The van der Waals surface area contributed by atoms with Crippen molar-refractivity contribution in [1.29, 1.82) is 5.26 Å². The highest BCUT2D eigenvalue weighted by molar-refractivity contribution is 7.16. The maximum atomic E-state index is 12.1. The zero-order valence-electron chi connectivity index (χ0n) is 14.2. The molecule has 26 heavy (non-hydrogen) atoms. The van der Waals surface area contributed by atoms with E-state index in [1.165, 1.54) is 29.9 Å². The molecule has 3 rings (SSSR count). The second kappa shape index (κ2) is 7.89. The van der Waals surface area contributed by atoms with E-state index < -0.39 is 0 Å². The number of fused-ring (bicyclic) bond motifs is 1. The van der Waals surface area contributed by atoms with E-state index in [-0.39, 0.29) is 12.0 Å². The number of nitrogens with zero attached hydrogens (tertiary/aromatic N) is 2. The average molecular weight is 371 g/mol. The van der Waals surface area contributed by atoms with Crippen molar-refractivity contribution in [3.8, 4) is 6.07 Å². The Morgan fingerprint density at radius 3 is 3.08 bits per heavy atom. The van der Waals surface area contributed by atoms with E-state index in [0.29, 0.717) is 36.7 Å². The maximum Gasteiger partial charge on any atom is 0.410 e. The summed E-state index contributed by atoms with van der Waals surface area (Å²) in [4.78, 5) is 26.5. The number of thiophene rings is 1. The number of nitrogens with one attached hydrogen (secondary N) is 1. The number of nitriles is 1. The fourth-order valence-corrected chi connectivity index (χ4v) is 3.89. The Morgan fingerprint density at radius 2 is 2.38 bits per heavy atom. The second-order valence-electron chi connectivity index (χ2n) is 5.57. The van der Waals surface area contributed by atoms with Gasteiger partial charge in [0, 0.05) is 23.1 Å². The number of carbonyl (C=O) groups is 2. The van der Waals surface area contributed by atoms with Crippen LogP contribution in [-0.2, 0) is 22.5 Å². The van der Waals surface area contributed by atoms with Gasteiger partial charge in [0.2, 0.25) is 5.91 Å². The van der Waals surface area contributed by atoms with E-state index in [9.17, 15) is 14.9 Å². The van der Waals surface area contributed by atoms with Gasteiger partial charge in [-0.25, -0.2) is 4.79 Å². The third-order valence-corrected chi connectivity index (χ3v) is 5.03. The third-order valence-electron chi connectivity index (χ3n) is 3.90. The monoisotopic (exact) mass is 371 g/mol. The zero-order valence-corrected chi connectivity index (χ0v) is 15.0. The maximum absolute atomic E-state index is 12.1. The Balaban J connectivity index is 1.74. The molecule has 0 aromatic carbocycles. The van der Waals surface area contributed by atoms with Gasteiger partial charge in [-0.3, -0.25) is 4.79 Å². The van der Waals surface area contributed by atoms with Crippen LogP contribution in [0.4, 0.5) is 9.80 Å². The van der Waals surface area contributed by atoms with Crippen molar-refractivity contribution < 1.29 is 18.7 Å². The molecule has 0 saturated heterocycles. The molecule has 3 heterocycles. The van der Waals surface area contributed by atoms with Gasteiger partial charge in [-0.1, -0.05) is 0 Å². The Kier molecular flexibility index (Phi) is 5.39. The van der Waals surface area contributed by atoms with Crippen molar-refractivity contribution in [2.45, 2.75) is 19.9 Å². The molecule has 0 aliphatic carbocycles. The van der Waals surface area contributed by atoms with Gasteiger partial charge in [-0.15, -0.1) is 11.3 Å². The number of carbonyl (C=O) groups excluding carboxylic acids is 2. The Labute approximate surface area is 154 Å². The molecule has 2 amide bonds. The van der Waals surface area contributed by atoms with Crippen molar-refractivity contribution in [2.75, 3.05) is 18.5 Å². The van der Waals surface area contributed by atoms with Crippen molar-refractivity contribution in [2.24, 2.45) is 0 Å². The Hall–Kier alpha value is -3.05. The molecular formula is C18H17N3O4S. The number of hydrogen-bond donors (Lipinski definition) is 1. The topological polar surface area (TPSA) is 95.6 Å². The minimum Gasteiger partial charge on any atom is -0.472 e. The van der Waals surface area contributed by atoms with Gasteiger partial charge in [0.05, 0.1) is 31.2 Å². The summed E-state index contributed by atoms with van der Waals surface area (Å²) in [5, 5.41) is 12.7. The molecule has 134 valence electrons. The van der Waals surface area contributed by atoms with Crippen LogP contribution in [0.2, 0.25) is 0 Å². The molecule has 1 N–H and O–H groups in total. The van der Waals surface area contributed by atoms with Crippen molar-refractivity contribution in [3.63, 3.8) is 0 Å². The summed E-state index contributed by atoms with van der Waals surface area (Å²) in [6, 6.07) is 3.90. The van der Waals surface area contributed by atoms with Gasteiger partial charge in [0.25, 0.3) is 0 Å². The molecule has 8 heteroatoms. The van der Waals surface area contributed by atoms with E-state index in [1.54, 1.807) is 24.0 Å². The van der Waals surface area contributed by atoms with Gasteiger partial charge in [-0.2, -0.15) is 5.26 Å². The van der Waals surface area contributed by atoms with E-state index >= 15 is 0 Å². The predicted molar refractivity (Wildman–Crippen MR) is 96.5 cm³/mol. The van der Waals surface area contributed by atoms with Gasteiger partial charge >= 0.3 is 6.09 Å². The molecule has 0 bridgehead atoms. The molecule has 2 aromatic rings. The largest absolute Gasteiger partial charge is 0.472 e. The lowest BCUT2D eigenvalue weighted by Crippen LogP contribution is -2.35. The first-order valence-electron chi connectivity index (χ1n) is 8.10. The SMILES string of the molecule is CCOC(=O)N1CCc2c(sc(NC(=O)/C=C/c3ccoc3)c2C#N)C1. The summed E-state index contributed by atoms with van der Waals surface area (Å²) in [5.74, 6) is -0.330. The van der Waals surface area contributed by atoms with Crippen LogP contribution in [-0.4, -0.2) is 30.1 Å². The predicted octanol–water partition coefficient (Wildman–Crippen LogP) is 3.38. The highest BCUT2D eigenvalue weighted by Gasteiger charge is 2.27. The quantitative estimate of drug-likeness (QED) is 0.831. The first-order valence-corrected chi connectivity index (χ1v) is 8.91.